The summed E-state index contributed by atoms with van der Waals surface area (Å²) in [5, 5.41) is 1.17. The smallest absolute Gasteiger partial charge is 0.281 e. The highest BCUT2D eigenvalue weighted by Crippen LogP contribution is 2.35. The number of carbonyl (C=O) groups is 2. The third-order valence-electron chi connectivity index (χ3n) is 3.82. The Kier molecular flexibility index (Phi) is 6.06. The van der Waals surface area contributed by atoms with Crippen LogP contribution in [0, 0.1) is 0 Å². The Hall–Kier alpha value is -2.77. The summed E-state index contributed by atoms with van der Waals surface area (Å²) in [6, 6.07) is 12.2. The summed E-state index contributed by atoms with van der Waals surface area (Å²) in [4.78, 5) is 25.1. The average molecular weight is 419 g/mol. The van der Waals surface area contributed by atoms with Crippen molar-refractivity contribution in [3.05, 3.63) is 57.9 Å². The monoisotopic (exact) mass is 418 g/mol. The molecule has 0 unspecified atom stereocenters. The fourth-order valence-corrected chi connectivity index (χ4v) is 3.97. The lowest BCUT2D eigenvalue weighted by Gasteiger charge is -2.14. The maximum Gasteiger partial charge on any atom is 0.281 e. The van der Waals surface area contributed by atoms with E-state index in [2.05, 4.69) is 10.9 Å². The number of hydrogen-bond donors (Lipinski definition) is 2. The predicted octanol–water partition coefficient (Wildman–Crippen LogP) is 4.43. The van der Waals surface area contributed by atoms with Crippen LogP contribution in [0.4, 0.5) is 0 Å². The second kappa shape index (κ2) is 8.50. The minimum atomic E-state index is -0.486. The number of methoxy groups -OCH3 is 1. The number of hydrazine groups is 1. The number of hydrogen-bond acceptors (Lipinski definition) is 5. The van der Waals surface area contributed by atoms with Gasteiger partial charge in [-0.15, -0.1) is 11.3 Å². The minimum absolute atomic E-state index is 0.0288. The van der Waals surface area contributed by atoms with Crippen molar-refractivity contribution in [1.82, 2.24) is 10.9 Å². The van der Waals surface area contributed by atoms with Gasteiger partial charge >= 0.3 is 0 Å². The van der Waals surface area contributed by atoms with E-state index < -0.39 is 11.8 Å². The summed E-state index contributed by atoms with van der Waals surface area (Å²) < 4.78 is 11.8. The summed E-state index contributed by atoms with van der Waals surface area (Å²) in [6.07, 6.45) is -0.0288. The van der Waals surface area contributed by atoms with Gasteiger partial charge in [0.15, 0.2) is 11.5 Å². The van der Waals surface area contributed by atoms with Crippen LogP contribution in [0.15, 0.2) is 42.5 Å². The first-order valence-electron chi connectivity index (χ1n) is 8.53. The van der Waals surface area contributed by atoms with Gasteiger partial charge in [-0.05, 0) is 38.1 Å². The standard InChI is InChI=1S/C20H19ClN2O4S/c1-11(2)27-14-9-8-12(10-15(14)26-3)19(24)22-23-20(25)18-17(21)13-6-4-5-7-16(13)28-18/h4-11H,1-3H3,(H,22,24)(H,23,25). The Morgan fingerprint density at radius 1 is 1.04 bits per heavy atom. The number of amides is 2. The summed E-state index contributed by atoms with van der Waals surface area (Å²) in [6.45, 7) is 3.80. The molecule has 0 atom stereocenters. The average Bonchev–Trinajstić information content (AvgIpc) is 3.02. The van der Waals surface area contributed by atoms with E-state index in [1.54, 1.807) is 18.2 Å². The van der Waals surface area contributed by atoms with Crippen LogP contribution >= 0.6 is 22.9 Å². The van der Waals surface area contributed by atoms with Crippen LogP contribution in [-0.4, -0.2) is 25.0 Å². The molecule has 0 bridgehead atoms. The van der Waals surface area contributed by atoms with Gasteiger partial charge < -0.3 is 9.47 Å². The molecule has 0 spiro atoms. The molecule has 0 aliphatic carbocycles. The third-order valence-corrected chi connectivity index (χ3v) is 5.49. The zero-order chi connectivity index (χ0) is 20.3. The summed E-state index contributed by atoms with van der Waals surface area (Å²) in [5.41, 5.74) is 5.11. The summed E-state index contributed by atoms with van der Waals surface area (Å²) in [7, 11) is 1.50. The number of carbonyl (C=O) groups excluding carboxylic acids is 2. The third kappa shape index (κ3) is 4.21. The van der Waals surface area contributed by atoms with Crippen molar-refractivity contribution in [2.45, 2.75) is 20.0 Å². The van der Waals surface area contributed by atoms with Crippen LogP contribution in [-0.2, 0) is 0 Å². The van der Waals surface area contributed by atoms with Crippen molar-refractivity contribution < 1.29 is 19.1 Å². The van der Waals surface area contributed by atoms with Crippen LogP contribution in [0.2, 0.25) is 5.02 Å². The molecule has 0 aliphatic heterocycles. The fourth-order valence-electron chi connectivity index (χ4n) is 2.56. The van der Waals surface area contributed by atoms with Crippen molar-refractivity contribution in [2.75, 3.05) is 7.11 Å². The molecule has 0 radical (unpaired) electrons. The van der Waals surface area contributed by atoms with E-state index in [4.69, 9.17) is 21.1 Å². The van der Waals surface area contributed by atoms with Crippen molar-refractivity contribution in [3.63, 3.8) is 0 Å². The molecule has 3 aromatic rings. The summed E-state index contributed by atoms with van der Waals surface area (Å²) >= 11 is 7.55. The molecule has 2 aromatic carbocycles. The zero-order valence-corrected chi connectivity index (χ0v) is 17.1. The number of nitrogens with one attached hydrogen (secondary N) is 2. The Bertz CT molecular complexity index is 1030. The second-order valence-corrected chi connectivity index (χ2v) is 7.61. The number of thiophene rings is 1. The molecule has 0 saturated heterocycles. The number of benzene rings is 2. The lowest BCUT2D eigenvalue weighted by Crippen LogP contribution is -2.41. The Morgan fingerprint density at radius 3 is 2.43 bits per heavy atom. The second-order valence-electron chi connectivity index (χ2n) is 6.18. The molecule has 2 N–H and O–H groups in total. The van der Waals surface area contributed by atoms with Crippen LogP contribution in [0.3, 0.4) is 0 Å². The minimum Gasteiger partial charge on any atom is -0.493 e. The first-order valence-corrected chi connectivity index (χ1v) is 9.72. The van der Waals surface area contributed by atoms with Crippen LogP contribution in [0.1, 0.15) is 33.9 Å². The van der Waals surface area contributed by atoms with Gasteiger partial charge in [-0.25, -0.2) is 0 Å². The topological polar surface area (TPSA) is 76.7 Å². The van der Waals surface area contributed by atoms with E-state index in [1.807, 2.05) is 38.1 Å². The zero-order valence-electron chi connectivity index (χ0n) is 15.5. The molecule has 1 aromatic heterocycles. The Labute approximate surface area is 171 Å². The van der Waals surface area contributed by atoms with Crippen molar-refractivity contribution >= 4 is 44.8 Å². The SMILES string of the molecule is COc1cc(C(=O)NNC(=O)c2sc3ccccc3c2Cl)ccc1OC(C)C. The van der Waals surface area contributed by atoms with Crippen LogP contribution in [0.25, 0.3) is 10.1 Å². The highest BCUT2D eigenvalue weighted by atomic mass is 35.5. The van der Waals surface area contributed by atoms with Gasteiger partial charge in [0.25, 0.3) is 11.8 Å². The van der Waals surface area contributed by atoms with E-state index in [-0.39, 0.29) is 6.10 Å². The van der Waals surface area contributed by atoms with E-state index in [9.17, 15) is 9.59 Å². The normalized spacial score (nSPS) is 10.8. The fraction of sp³-hybridized carbons (Fsp3) is 0.200. The Morgan fingerprint density at radius 2 is 1.75 bits per heavy atom. The van der Waals surface area contributed by atoms with Gasteiger partial charge in [0.2, 0.25) is 0 Å². The molecule has 28 heavy (non-hydrogen) atoms. The molecule has 146 valence electrons. The van der Waals surface area contributed by atoms with Gasteiger partial charge in [0, 0.05) is 15.6 Å². The van der Waals surface area contributed by atoms with Gasteiger partial charge in [0.1, 0.15) is 4.88 Å². The molecule has 1 heterocycles. The van der Waals surface area contributed by atoms with E-state index in [0.29, 0.717) is 27.0 Å². The molecular formula is C20H19ClN2O4S. The largest absolute Gasteiger partial charge is 0.493 e. The first kappa shape index (κ1) is 20.0. The first-order chi connectivity index (χ1) is 13.4. The van der Waals surface area contributed by atoms with Crippen molar-refractivity contribution in [3.8, 4) is 11.5 Å². The van der Waals surface area contributed by atoms with Gasteiger partial charge in [-0.1, -0.05) is 29.8 Å². The number of halogens is 1. The van der Waals surface area contributed by atoms with Gasteiger partial charge in [-0.2, -0.15) is 0 Å². The highest BCUT2D eigenvalue weighted by molar-refractivity contribution is 7.21. The van der Waals surface area contributed by atoms with E-state index >= 15 is 0 Å². The molecule has 8 heteroatoms. The van der Waals surface area contributed by atoms with Crippen LogP contribution < -0.4 is 20.3 Å². The predicted molar refractivity (Wildman–Crippen MR) is 111 cm³/mol. The molecule has 0 saturated carbocycles. The molecule has 6 nitrogen and oxygen atoms in total. The lowest BCUT2D eigenvalue weighted by atomic mass is 10.2. The maximum atomic E-state index is 12.4. The maximum absolute atomic E-state index is 12.4. The van der Waals surface area contributed by atoms with Crippen molar-refractivity contribution in [2.24, 2.45) is 0 Å². The van der Waals surface area contributed by atoms with Gasteiger partial charge in [-0.3, -0.25) is 20.4 Å². The molecule has 0 aliphatic rings. The number of ether oxygens (including phenoxy) is 2. The van der Waals surface area contributed by atoms with E-state index in [1.165, 1.54) is 18.4 Å². The molecule has 0 fully saturated rings. The number of rotatable bonds is 5. The molecular weight excluding hydrogens is 400 g/mol. The molecule has 3 rings (SSSR count). The summed E-state index contributed by atoms with van der Waals surface area (Å²) in [5.74, 6) is 0.00151. The van der Waals surface area contributed by atoms with Crippen molar-refractivity contribution in [1.29, 1.82) is 0 Å². The van der Waals surface area contributed by atoms with E-state index in [0.717, 1.165) is 10.1 Å². The molecule has 2 amide bonds. The lowest BCUT2D eigenvalue weighted by molar-refractivity contribution is 0.0848. The number of fused-ring (bicyclic) bond motifs is 1. The quantitative estimate of drug-likeness (QED) is 0.601. The highest BCUT2D eigenvalue weighted by Gasteiger charge is 2.18. The van der Waals surface area contributed by atoms with Gasteiger partial charge in [0.05, 0.1) is 18.2 Å². The Balaban J connectivity index is 1.71. The van der Waals surface area contributed by atoms with Crippen LogP contribution in [0.5, 0.6) is 11.5 Å².